The Hall–Kier alpha value is -1.81. The van der Waals surface area contributed by atoms with Crippen LogP contribution in [0.4, 0.5) is 0 Å². The maximum absolute atomic E-state index is 12.7. The van der Waals surface area contributed by atoms with E-state index in [1.54, 1.807) is 0 Å². The van der Waals surface area contributed by atoms with Gasteiger partial charge in [-0.15, -0.1) is 0 Å². The van der Waals surface area contributed by atoms with E-state index < -0.39 is 0 Å². The SMILES string of the molecule is CN(C(=O)CCCc1c[nH]c2ccccc12)C1C2CCOC2C1(C)C. The normalized spacial score (nSPS) is 27.1. The first-order chi connectivity index (χ1) is 12.0. The minimum atomic E-state index is 0.0718. The number of rotatable bonds is 5. The third-order valence-corrected chi connectivity index (χ3v) is 6.36. The van der Waals surface area contributed by atoms with Crippen molar-refractivity contribution in [2.24, 2.45) is 11.3 Å². The number of amides is 1. The fourth-order valence-electron chi connectivity index (χ4n) is 5.18. The van der Waals surface area contributed by atoms with Crippen LogP contribution >= 0.6 is 0 Å². The largest absolute Gasteiger partial charge is 0.377 e. The molecule has 1 aliphatic heterocycles. The van der Waals surface area contributed by atoms with Gasteiger partial charge >= 0.3 is 0 Å². The quantitative estimate of drug-likeness (QED) is 0.901. The second-order valence-electron chi connectivity index (χ2n) is 8.23. The first-order valence-electron chi connectivity index (χ1n) is 9.42. The van der Waals surface area contributed by atoms with Crippen molar-refractivity contribution in [3.63, 3.8) is 0 Å². The van der Waals surface area contributed by atoms with E-state index in [2.05, 4.69) is 43.2 Å². The zero-order valence-electron chi connectivity index (χ0n) is 15.4. The molecule has 3 atom stereocenters. The molecule has 1 aliphatic carbocycles. The number of hydrogen-bond acceptors (Lipinski definition) is 2. The van der Waals surface area contributed by atoms with Gasteiger partial charge in [-0.25, -0.2) is 0 Å². The predicted octanol–water partition coefficient (Wildman–Crippen LogP) is 3.76. The molecule has 2 fully saturated rings. The average Bonchev–Trinajstić information content (AvgIpc) is 3.20. The Morgan fingerprint density at radius 1 is 1.36 bits per heavy atom. The fourth-order valence-corrected chi connectivity index (χ4v) is 5.18. The number of aryl methyl sites for hydroxylation is 1. The molecule has 0 radical (unpaired) electrons. The molecule has 2 heterocycles. The Bertz CT molecular complexity index is 779. The lowest BCUT2D eigenvalue weighted by Crippen LogP contribution is -2.66. The molecule has 4 rings (SSSR count). The summed E-state index contributed by atoms with van der Waals surface area (Å²) in [5.74, 6) is 0.792. The summed E-state index contributed by atoms with van der Waals surface area (Å²) in [6, 6.07) is 8.67. The Balaban J connectivity index is 1.34. The standard InChI is InChI=1S/C21H28N2O2/c1-21(2)19(16-11-12-25-20(16)21)23(3)18(24)10-6-7-14-13-22-17-9-5-4-8-15(14)17/h4-5,8-9,13,16,19-20,22H,6-7,10-12H2,1-3H3. The number of aromatic amines is 1. The van der Waals surface area contributed by atoms with Gasteiger partial charge in [0.15, 0.2) is 0 Å². The monoisotopic (exact) mass is 340 g/mol. The highest BCUT2D eigenvalue weighted by molar-refractivity contribution is 5.83. The summed E-state index contributed by atoms with van der Waals surface area (Å²) in [6.07, 6.45) is 5.94. The average molecular weight is 340 g/mol. The van der Waals surface area contributed by atoms with E-state index in [9.17, 15) is 4.79 Å². The molecule has 1 amide bonds. The van der Waals surface area contributed by atoms with Gasteiger partial charge in [-0.05, 0) is 30.9 Å². The van der Waals surface area contributed by atoms with Crippen molar-refractivity contribution >= 4 is 16.8 Å². The van der Waals surface area contributed by atoms with E-state index in [0.717, 1.165) is 25.9 Å². The van der Waals surface area contributed by atoms with Crippen molar-refractivity contribution in [1.29, 1.82) is 0 Å². The number of para-hydroxylation sites is 1. The maximum atomic E-state index is 12.7. The second kappa shape index (κ2) is 6.17. The highest BCUT2D eigenvalue weighted by Gasteiger charge is 2.61. The van der Waals surface area contributed by atoms with Crippen LogP contribution in [0.25, 0.3) is 10.9 Å². The van der Waals surface area contributed by atoms with Gasteiger partial charge in [0.1, 0.15) is 0 Å². The van der Waals surface area contributed by atoms with Crippen molar-refractivity contribution in [3.05, 3.63) is 36.0 Å². The topological polar surface area (TPSA) is 45.3 Å². The molecule has 1 aromatic carbocycles. The zero-order chi connectivity index (χ0) is 17.6. The number of fused-ring (bicyclic) bond motifs is 2. The Kier molecular flexibility index (Phi) is 4.11. The maximum Gasteiger partial charge on any atom is 0.222 e. The van der Waals surface area contributed by atoms with Gasteiger partial charge in [-0.1, -0.05) is 32.0 Å². The van der Waals surface area contributed by atoms with Crippen LogP contribution in [0.15, 0.2) is 30.5 Å². The van der Waals surface area contributed by atoms with E-state index in [1.807, 2.05) is 18.0 Å². The van der Waals surface area contributed by atoms with Crippen molar-refractivity contribution in [3.8, 4) is 0 Å². The molecule has 4 heteroatoms. The van der Waals surface area contributed by atoms with Gasteiger partial charge in [0.05, 0.1) is 6.10 Å². The first-order valence-corrected chi connectivity index (χ1v) is 9.42. The number of carbonyl (C=O) groups excluding carboxylic acids is 1. The fraction of sp³-hybridized carbons (Fsp3) is 0.571. The molecule has 1 saturated carbocycles. The molecule has 2 aliphatic rings. The summed E-state index contributed by atoms with van der Waals surface area (Å²) in [4.78, 5) is 18.0. The Labute approximate surface area is 149 Å². The molecule has 25 heavy (non-hydrogen) atoms. The number of carbonyl (C=O) groups is 1. The van der Waals surface area contributed by atoms with Crippen LogP contribution in [0, 0.1) is 11.3 Å². The van der Waals surface area contributed by atoms with E-state index in [1.165, 1.54) is 16.5 Å². The number of nitrogens with one attached hydrogen (secondary N) is 1. The minimum Gasteiger partial charge on any atom is -0.377 e. The predicted molar refractivity (Wildman–Crippen MR) is 99.4 cm³/mol. The van der Waals surface area contributed by atoms with Crippen LogP contribution < -0.4 is 0 Å². The molecular formula is C21H28N2O2. The summed E-state index contributed by atoms with van der Waals surface area (Å²) < 4.78 is 5.86. The summed E-state index contributed by atoms with van der Waals surface area (Å²) in [5.41, 5.74) is 2.55. The highest BCUT2D eigenvalue weighted by atomic mass is 16.5. The number of H-pyrrole nitrogens is 1. The number of nitrogens with zero attached hydrogens (tertiary/aromatic N) is 1. The first kappa shape index (κ1) is 16.6. The lowest BCUT2D eigenvalue weighted by molar-refractivity contribution is -0.167. The summed E-state index contributed by atoms with van der Waals surface area (Å²) in [7, 11) is 1.98. The van der Waals surface area contributed by atoms with Crippen LogP contribution in [0.1, 0.15) is 38.7 Å². The number of hydrogen-bond donors (Lipinski definition) is 1. The second-order valence-corrected chi connectivity index (χ2v) is 8.23. The van der Waals surface area contributed by atoms with Crippen LogP contribution in [0.2, 0.25) is 0 Å². The van der Waals surface area contributed by atoms with Crippen LogP contribution in [0.5, 0.6) is 0 Å². The number of aromatic nitrogens is 1. The molecule has 3 unspecified atom stereocenters. The van der Waals surface area contributed by atoms with Crippen molar-refractivity contribution in [1.82, 2.24) is 9.88 Å². The van der Waals surface area contributed by atoms with Gasteiger partial charge in [0, 0.05) is 54.5 Å². The molecule has 1 N–H and O–H groups in total. The lowest BCUT2D eigenvalue weighted by Gasteiger charge is -2.57. The molecule has 134 valence electrons. The van der Waals surface area contributed by atoms with Crippen molar-refractivity contribution in [2.45, 2.75) is 51.7 Å². The van der Waals surface area contributed by atoms with Gasteiger partial charge in [-0.2, -0.15) is 0 Å². The smallest absolute Gasteiger partial charge is 0.222 e. The Morgan fingerprint density at radius 2 is 2.16 bits per heavy atom. The molecule has 2 aromatic rings. The van der Waals surface area contributed by atoms with E-state index >= 15 is 0 Å². The van der Waals surface area contributed by atoms with Crippen LogP contribution in [0.3, 0.4) is 0 Å². The zero-order valence-corrected chi connectivity index (χ0v) is 15.4. The number of ether oxygens (including phenoxy) is 1. The molecule has 0 spiro atoms. The van der Waals surface area contributed by atoms with Gasteiger partial charge in [0.25, 0.3) is 0 Å². The summed E-state index contributed by atoms with van der Waals surface area (Å²) in [6.45, 7) is 5.32. The van der Waals surface area contributed by atoms with Crippen LogP contribution in [-0.2, 0) is 16.0 Å². The van der Waals surface area contributed by atoms with Crippen molar-refractivity contribution in [2.75, 3.05) is 13.7 Å². The minimum absolute atomic E-state index is 0.0718. The Morgan fingerprint density at radius 3 is 3.00 bits per heavy atom. The highest BCUT2D eigenvalue weighted by Crippen LogP contribution is 2.54. The molecule has 4 nitrogen and oxygen atoms in total. The van der Waals surface area contributed by atoms with Gasteiger partial charge in [-0.3, -0.25) is 4.79 Å². The van der Waals surface area contributed by atoms with E-state index in [0.29, 0.717) is 24.5 Å². The van der Waals surface area contributed by atoms with Crippen molar-refractivity contribution < 1.29 is 9.53 Å². The third-order valence-electron chi connectivity index (χ3n) is 6.36. The molecule has 0 bridgehead atoms. The van der Waals surface area contributed by atoms with E-state index in [-0.39, 0.29) is 11.3 Å². The third kappa shape index (κ3) is 2.67. The molecule has 1 saturated heterocycles. The van der Waals surface area contributed by atoms with E-state index in [4.69, 9.17) is 4.74 Å². The van der Waals surface area contributed by atoms with Gasteiger partial charge in [0.2, 0.25) is 5.91 Å². The lowest BCUT2D eigenvalue weighted by atomic mass is 9.57. The molecular weight excluding hydrogens is 312 g/mol. The van der Waals surface area contributed by atoms with Gasteiger partial charge < -0.3 is 14.6 Å². The van der Waals surface area contributed by atoms with Crippen LogP contribution in [-0.4, -0.2) is 41.6 Å². The summed E-state index contributed by atoms with van der Waals surface area (Å²) in [5, 5.41) is 1.27. The summed E-state index contributed by atoms with van der Waals surface area (Å²) >= 11 is 0. The molecule has 1 aromatic heterocycles. The number of benzene rings is 1.